The van der Waals surface area contributed by atoms with Gasteiger partial charge in [-0.1, -0.05) is 12.1 Å². The quantitative estimate of drug-likeness (QED) is 0.832. The molecule has 1 N–H and O–H groups in total. The highest BCUT2D eigenvalue weighted by molar-refractivity contribution is 5.80. The lowest BCUT2D eigenvalue weighted by Crippen LogP contribution is -2.56. The van der Waals surface area contributed by atoms with Crippen LogP contribution in [0.2, 0.25) is 0 Å². The van der Waals surface area contributed by atoms with Gasteiger partial charge in [-0.15, -0.1) is 0 Å². The maximum absolute atomic E-state index is 12.9. The standard InChI is InChI=1S/C21H27F3N2O/c1-14-11-16(3-4-18(14)21(22,23)24)15-5-9-26(10-6-15)19(27)17-12-20(13-17)7-2-8-25-20/h3-4,11,15,17,25H,2,5-10,12-13H2,1H3. The number of nitrogens with zero attached hydrogens (tertiary/aromatic N) is 1. The summed E-state index contributed by atoms with van der Waals surface area (Å²) >= 11 is 0. The molecule has 0 aromatic heterocycles. The Labute approximate surface area is 158 Å². The molecule has 6 heteroatoms. The molecule has 0 radical (unpaired) electrons. The second-order valence-electron chi connectivity index (χ2n) is 8.59. The Morgan fingerprint density at radius 1 is 1.22 bits per heavy atom. The zero-order chi connectivity index (χ0) is 19.2. The summed E-state index contributed by atoms with van der Waals surface area (Å²) in [5, 5.41) is 3.56. The molecular weight excluding hydrogens is 353 g/mol. The van der Waals surface area contributed by atoms with E-state index in [1.54, 1.807) is 12.1 Å². The highest BCUT2D eigenvalue weighted by Gasteiger charge is 2.49. The lowest BCUT2D eigenvalue weighted by atomic mass is 9.67. The lowest BCUT2D eigenvalue weighted by Gasteiger charge is -2.47. The van der Waals surface area contributed by atoms with Crippen molar-refractivity contribution in [3.8, 4) is 0 Å². The van der Waals surface area contributed by atoms with E-state index in [-0.39, 0.29) is 28.8 Å². The number of hydrogen-bond acceptors (Lipinski definition) is 2. The maximum Gasteiger partial charge on any atom is 0.416 e. The topological polar surface area (TPSA) is 32.3 Å². The number of alkyl halides is 3. The van der Waals surface area contributed by atoms with Gasteiger partial charge in [0.1, 0.15) is 0 Å². The molecule has 2 aliphatic heterocycles. The molecule has 1 spiro atoms. The van der Waals surface area contributed by atoms with Gasteiger partial charge in [-0.2, -0.15) is 13.2 Å². The van der Waals surface area contributed by atoms with Crippen LogP contribution in [-0.4, -0.2) is 36.0 Å². The van der Waals surface area contributed by atoms with Crippen molar-refractivity contribution in [3.63, 3.8) is 0 Å². The summed E-state index contributed by atoms with van der Waals surface area (Å²) in [5.41, 5.74) is 0.919. The molecular formula is C21H27F3N2O. The smallest absolute Gasteiger partial charge is 0.342 e. The average molecular weight is 380 g/mol. The molecule has 2 saturated heterocycles. The molecule has 3 aliphatic rings. The monoisotopic (exact) mass is 380 g/mol. The van der Waals surface area contributed by atoms with Crippen LogP contribution in [0.3, 0.4) is 0 Å². The van der Waals surface area contributed by atoms with E-state index in [9.17, 15) is 18.0 Å². The minimum absolute atomic E-state index is 0.153. The van der Waals surface area contributed by atoms with E-state index >= 15 is 0 Å². The van der Waals surface area contributed by atoms with Crippen LogP contribution in [0.15, 0.2) is 18.2 Å². The Kier molecular flexibility index (Phi) is 4.73. The predicted molar refractivity (Wildman–Crippen MR) is 97.4 cm³/mol. The van der Waals surface area contributed by atoms with Gasteiger partial charge in [-0.05, 0) is 75.1 Å². The van der Waals surface area contributed by atoms with Gasteiger partial charge in [-0.3, -0.25) is 4.79 Å². The van der Waals surface area contributed by atoms with E-state index in [2.05, 4.69) is 5.32 Å². The van der Waals surface area contributed by atoms with E-state index in [1.165, 1.54) is 25.8 Å². The summed E-state index contributed by atoms with van der Waals surface area (Å²) in [5.74, 6) is 0.663. The minimum atomic E-state index is -4.30. The number of piperidine rings is 1. The third-order valence-electron chi connectivity index (χ3n) is 6.79. The largest absolute Gasteiger partial charge is 0.416 e. The van der Waals surface area contributed by atoms with Crippen molar-refractivity contribution in [2.75, 3.05) is 19.6 Å². The fourth-order valence-electron chi connectivity index (χ4n) is 5.23. The number of amides is 1. The van der Waals surface area contributed by atoms with Crippen molar-refractivity contribution in [1.29, 1.82) is 0 Å². The number of hydrogen-bond donors (Lipinski definition) is 1. The van der Waals surface area contributed by atoms with E-state index in [4.69, 9.17) is 0 Å². The molecule has 1 amide bonds. The summed E-state index contributed by atoms with van der Waals surface area (Å²) < 4.78 is 38.8. The second-order valence-corrected chi connectivity index (χ2v) is 8.59. The number of likely N-dealkylation sites (tertiary alicyclic amines) is 1. The fourth-order valence-corrected chi connectivity index (χ4v) is 5.23. The van der Waals surface area contributed by atoms with Gasteiger partial charge in [0.25, 0.3) is 0 Å². The number of nitrogens with one attached hydrogen (secondary N) is 1. The Balaban J connectivity index is 1.33. The normalized spacial score (nSPS) is 29.2. The Morgan fingerprint density at radius 3 is 2.48 bits per heavy atom. The molecule has 1 saturated carbocycles. The van der Waals surface area contributed by atoms with Crippen molar-refractivity contribution in [2.24, 2.45) is 5.92 Å². The molecule has 0 bridgehead atoms. The zero-order valence-electron chi connectivity index (χ0n) is 15.7. The van der Waals surface area contributed by atoms with Crippen molar-refractivity contribution in [1.82, 2.24) is 10.2 Å². The van der Waals surface area contributed by atoms with Crippen LogP contribution in [0.25, 0.3) is 0 Å². The van der Waals surface area contributed by atoms with E-state index in [0.29, 0.717) is 13.1 Å². The van der Waals surface area contributed by atoms with Gasteiger partial charge in [0.15, 0.2) is 0 Å². The third kappa shape index (κ3) is 3.60. The molecule has 1 aromatic rings. The van der Waals surface area contributed by atoms with Gasteiger partial charge >= 0.3 is 6.18 Å². The summed E-state index contributed by atoms with van der Waals surface area (Å²) in [6.07, 6.45) is 1.67. The first-order valence-corrected chi connectivity index (χ1v) is 9.99. The summed E-state index contributed by atoms with van der Waals surface area (Å²) in [6.45, 7) is 4.01. The van der Waals surface area contributed by atoms with Crippen LogP contribution in [-0.2, 0) is 11.0 Å². The molecule has 27 heavy (non-hydrogen) atoms. The van der Waals surface area contributed by atoms with Crippen LogP contribution in [0.4, 0.5) is 13.2 Å². The summed E-state index contributed by atoms with van der Waals surface area (Å²) in [7, 11) is 0. The number of halogens is 3. The highest BCUT2D eigenvalue weighted by atomic mass is 19.4. The first kappa shape index (κ1) is 18.8. The molecule has 0 unspecified atom stereocenters. The van der Waals surface area contributed by atoms with Crippen molar-refractivity contribution in [2.45, 2.75) is 63.1 Å². The molecule has 3 fully saturated rings. The number of carbonyl (C=O) groups is 1. The lowest BCUT2D eigenvalue weighted by molar-refractivity contribution is -0.142. The zero-order valence-corrected chi connectivity index (χ0v) is 15.7. The average Bonchev–Trinajstić information content (AvgIpc) is 3.09. The molecule has 148 valence electrons. The van der Waals surface area contributed by atoms with Gasteiger partial charge in [0.05, 0.1) is 5.56 Å². The van der Waals surface area contributed by atoms with Crippen molar-refractivity contribution >= 4 is 5.91 Å². The SMILES string of the molecule is Cc1cc(C2CCN(C(=O)C3CC4(CCCN4)C3)CC2)ccc1C(F)(F)F. The van der Waals surface area contributed by atoms with Crippen LogP contribution < -0.4 is 5.32 Å². The summed E-state index contributed by atoms with van der Waals surface area (Å²) in [4.78, 5) is 14.7. The molecule has 4 rings (SSSR count). The predicted octanol–water partition coefficient (Wildman–Crippen LogP) is 4.25. The Morgan fingerprint density at radius 2 is 1.93 bits per heavy atom. The van der Waals surface area contributed by atoms with Crippen LogP contribution in [0, 0.1) is 12.8 Å². The van der Waals surface area contributed by atoms with Gasteiger partial charge < -0.3 is 10.2 Å². The maximum atomic E-state index is 12.9. The second kappa shape index (κ2) is 6.80. The van der Waals surface area contributed by atoms with Crippen LogP contribution >= 0.6 is 0 Å². The Hall–Kier alpha value is -1.56. The van der Waals surface area contributed by atoms with Gasteiger partial charge in [0.2, 0.25) is 5.91 Å². The first-order valence-electron chi connectivity index (χ1n) is 9.99. The van der Waals surface area contributed by atoms with Crippen molar-refractivity contribution in [3.05, 3.63) is 34.9 Å². The summed E-state index contributed by atoms with van der Waals surface area (Å²) in [6, 6.07) is 4.48. The first-order chi connectivity index (χ1) is 12.8. The Bertz CT molecular complexity index is 709. The molecule has 0 atom stereocenters. The minimum Gasteiger partial charge on any atom is -0.342 e. The van der Waals surface area contributed by atoms with E-state index in [0.717, 1.165) is 37.8 Å². The van der Waals surface area contributed by atoms with Gasteiger partial charge in [0, 0.05) is 24.5 Å². The molecule has 2 heterocycles. The fraction of sp³-hybridized carbons (Fsp3) is 0.667. The molecule has 1 aliphatic carbocycles. The highest BCUT2D eigenvalue weighted by Crippen LogP contribution is 2.45. The molecule has 3 nitrogen and oxygen atoms in total. The molecule has 1 aromatic carbocycles. The number of aryl methyl sites for hydroxylation is 1. The number of carbonyl (C=O) groups excluding carboxylic acids is 1. The third-order valence-corrected chi connectivity index (χ3v) is 6.79. The number of benzene rings is 1. The van der Waals surface area contributed by atoms with Crippen molar-refractivity contribution < 1.29 is 18.0 Å². The van der Waals surface area contributed by atoms with E-state index in [1.807, 2.05) is 4.90 Å². The number of rotatable bonds is 2. The van der Waals surface area contributed by atoms with Gasteiger partial charge in [-0.25, -0.2) is 0 Å². The van der Waals surface area contributed by atoms with E-state index < -0.39 is 11.7 Å². The van der Waals surface area contributed by atoms with Crippen LogP contribution in [0.1, 0.15) is 61.1 Å². The van der Waals surface area contributed by atoms with Crippen LogP contribution in [0.5, 0.6) is 0 Å².